The Kier molecular flexibility index (Phi) is 4.34. The standard InChI is InChI=1S/C20H25N3O3/c1-12(24)23-16-9-5-4-8-14(16)22-15-11-21-20(25)18(15)19(23)13-7-3-6-10-17(13)26-2/h3,6-7,10,14,16,19,22H,4-5,8-9,11H2,1-2H3,(H,21,25)/t14-,16-,19-/m0/s1. The SMILES string of the molecule is COc1ccccc1[C@H]1C2=C(CNC2=O)N[C@H]2CCCC[C@@H]2N1C(C)=O. The minimum absolute atomic E-state index is 0.00643. The predicted molar refractivity (Wildman–Crippen MR) is 97.5 cm³/mol. The number of rotatable bonds is 2. The van der Waals surface area contributed by atoms with Gasteiger partial charge in [0, 0.05) is 24.2 Å². The topological polar surface area (TPSA) is 70.7 Å². The van der Waals surface area contributed by atoms with Gasteiger partial charge in [-0.3, -0.25) is 9.59 Å². The third kappa shape index (κ3) is 2.64. The van der Waals surface area contributed by atoms with E-state index in [1.807, 2.05) is 29.2 Å². The molecule has 1 aliphatic carbocycles. The van der Waals surface area contributed by atoms with Crippen molar-refractivity contribution < 1.29 is 14.3 Å². The molecule has 0 bridgehead atoms. The van der Waals surface area contributed by atoms with Gasteiger partial charge in [-0.05, 0) is 18.9 Å². The molecule has 1 aromatic rings. The number of nitrogens with one attached hydrogen (secondary N) is 2. The number of nitrogens with zero attached hydrogens (tertiary/aromatic N) is 1. The van der Waals surface area contributed by atoms with E-state index in [2.05, 4.69) is 10.6 Å². The van der Waals surface area contributed by atoms with E-state index in [9.17, 15) is 9.59 Å². The van der Waals surface area contributed by atoms with Gasteiger partial charge >= 0.3 is 0 Å². The summed E-state index contributed by atoms with van der Waals surface area (Å²) >= 11 is 0. The number of amides is 2. The van der Waals surface area contributed by atoms with Crippen LogP contribution in [0.3, 0.4) is 0 Å². The van der Waals surface area contributed by atoms with E-state index in [0.717, 1.165) is 36.9 Å². The number of carbonyl (C=O) groups excluding carboxylic acids is 2. The van der Waals surface area contributed by atoms with Gasteiger partial charge in [-0.15, -0.1) is 0 Å². The van der Waals surface area contributed by atoms with E-state index >= 15 is 0 Å². The van der Waals surface area contributed by atoms with Crippen LogP contribution in [0, 0.1) is 0 Å². The minimum Gasteiger partial charge on any atom is -0.496 e. The van der Waals surface area contributed by atoms with Crippen LogP contribution in [-0.2, 0) is 9.59 Å². The summed E-state index contributed by atoms with van der Waals surface area (Å²) in [4.78, 5) is 27.4. The van der Waals surface area contributed by atoms with Gasteiger partial charge in [-0.2, -0.15) is 0 Å². The summed E-state index contributed by atoms with van der Waals surface area (Å²) in [5, 5.41) is 6.52. The number of benzene rings is 1. The number of hydrogen-bond donors (Lipinski definition) is 2. The first-order valence-corrected chi connectivity index (χ1v) is 9.31. The molecular weight excluding hydrogens is 330 g/mol. The van der Waals surface area contributed by atoms with Gasteiger partial charge in [-0.25, -0.2) is 0 Å². The predicted octanol–water partition coefficient (Wildman–Crippen LogP) is 1.88. The normalized spacial score (nSPS) is 27.8. The molecule has 0 aromatic heterocycles. The summed E-state index contributed by atoms with van der Waals surface area (Å²) in [5.74, 6) is 0.589. The van der Waals surface area contributed by atoms with E-state index in [1.54, 1.807) is 14.0 Å². The van der Waals surface area contributed by atoms with Crippen LogP contribution in [0.15, 0.2) is 35.5 Å². The molecule has 6 nitrogen and oxygen atoms in total. The van der Waals surface area contributed by atoms with Crippen LogP contribution < -0.4 is 15.4 Å². The average molecular weight is 355 g/mol. The molecule has 2 heterocycles. The summed E-state index contributed by atoms with van der Waals surface area (Å²) in [5.41, 5.74) is 2.44. The Labute approximate surface area is 153 Å². The van der Waals surface area contributed by atoms with Crippen LogP contribution >= 0.6 is 0 Å². The molecule has 0 unspecified atom stereocenters. The Morgan fingerprint density at radius 3 is 2.77 bits per heavy atom. The number of methoxy groups -OCH3 is 1. The fourth-order valence-corrected chi connectivity index (χ4v) is 4.69. The summed E-state index contributed by atoms with van der Waals surface area (Å²) in [6.45, 7) is 2.10. The molecular formula is C20H25N3O3. The van der Waals surface area contributed by atoms with Crippen molar-refractivity contribution in [2.75, 3.05) is 13.7 Å². The van der Waals surface area contributed by atoms with Crippen molar-refractivity contribution in [1.82, 2.24) is 15.5 Å². The van der Waals surface area contributed by atoms with Gasteiger partial charge in [0.25, 0.3) is 5.91 Å². The molecule has 0 radical (unpaired) electrons. The van der Waals surface area contributed by atoms with Gasteiger partial charge in [-0.1, -0.05) is 31.0 Å². The quantitative estimate of drug-likeness (QED) is 0.850. The van der Waals surface area contributed by atoms with Crippen LogP contribution in [0.1, 0.15) is 44.2 Å². The lowest BCUT2D eigenvalue weighted by molar-refractivity contribution is -0.134. The molecule has 2 N–H and O–H groups in total. The molecule has 2 amide bonds. The summed E-state index contributed by atoms with van der Waals surface area (Å²) in [7, 11) is 1.62. The molecule has 138 valence electrons. The Morgan fingerprint density at radius 1 is 1.23 bits per heavy atom. The molecule has 0 spiro atoms. The number of hydrogen-bond acceptors (Lipinski definition) is 4. The Morgan fingerprint density at radius 2 is 2.00 bits per heavy atom. The minimum atomic E-state index is -0.429. The van der Waals surface area contributed by atoms with E-state index in [-0.39, 0.29) is 23.9 Å². The third-order valence-electron chi connectivity index (χ3n) is 5.79. The van der Waals surface area contributed by atoms with Crippen LogP contribution in [0.4, 0.5) is 0 Å². The highest BCUT2D eigenvalue weighted by atomic mass is 16.5. The van der Waals surface area contributed by atoms with Crippen LogP contribution in [-0.4, -0.2) is 42.5 Å². The molecule has 3 aliphatic rings. The van der Waals surface area contributed by atoms with Crippen molar-refractivity contribution in [3.8, 4) is 5.75 Å². The van der Waals surface area contributed by atoms with Crippen LogP contribution in [0.2, 0.25) is 0 Å². The lowest BCUT2D eigenvalue weighted by atomic mass is 9.87. The molecule has 26 heavy (non-hydrogen) atoms. The molecule has 6 heteroatoms. The zero-order valence-electron chi connectivity index (χ0n) is 15.2. The molecule has 1 fully saturated rings. The summed E-state index contributed by atoms with van der Waals surface area (Å²) < 4.78 is 5.57. The first kappa shape index (κ1) is 16.9. The fourth-order valence-electron chi connectivity index (χ4n) is 4.69. The Balaban J connectivity index is 1.91. The maximum Gasteiger partial charge on any atom is 0.251 e. The molecule has 4 rings (SSSR count). The number of fused-ring (bicyclic) bond motifs is 1. The van der Waals surface area contributed by atoms with E-state index < -0.39 is 6.04 Å². The molecule has 2 aliphatic heterocycles. The van der Waals surface area contributed by atoms with E-state index in [0.29, 0.717) is 17.9 Å². The first-order chi connectivity index (χ1) is 12.6. The second-order valence-electron chi connectivity index (χ2n) is 7.25. The highest BCUT2D eigenvalue weighted by Gasteiger charge is 2.46. The van der Waals surface area contributed by atoms with Gasteiger partial charge in [0.1, 0.15) is 5.75 Å². The largest absolute Gasteiger partial charge is 0.496 e. The summed E-state index contributed by atoms with van der Waals surface area (Å²) in [6.07, 6.45) is 4.20. The monoisotopic (exact) mass is 355 g/mol. The second kappa shape index (κ2) is 6.67. The second-order valence-corrected chi connectivity index (χ2v) is 7.25. The van der Waals surface area contributed by atoms with Crippen molar-refractivity contribution in [3.05, 3.63) is 41.1 Å². The number of para-hydroxylation sites is 1. The van der Waals surface area contributed by atoms with Crippen LogP contribution in [0.5, 0.6) is 5.75 Å². The van der Waals surface area contributed by atoms with Crippen molar-refractivity contribution in [2.45, 2.75) is 50.7 Å². The Hall–Kier alpha value is -2.50. The smallest absolute Gasteiger partial charge is 0.251 e. The van der Waals surface area contributed by atoms with Gasteiger partial charge in [0.05, 0.1) is 31.3 Å². The van der Waals surface area contributed by atoms with Crippen LogP contribution in [0.25, 0.3) is 0 Å². The maximum absolute atomic E-state index is 12.8. The average Bonchev–Trinajstić information content (AvgIpc) is 2.92. The van der Waals surface area contributed by atoms with E-state index in [4.69, 9.17) is 4.74 Å². The fraction of sp³-hybridized carbons (Fsp3) is 0.500. The number of ether oxygens (including phenoxy) is 1. The molecule has 0 saturated heterocycles. The Bertz CT molecular complexity index is 773. The molecule has 1 aromatic carbocycles. The van der Waals surface area contributed by atoms with Gasteiger partial charge in [0.2, 0.25) is 5.91 Å². The zero-order chi connectivity index (χ0) is 18.3. The van der Waals surface area contributed by atoms with Gasteiger partial charge in [0.15, 0.2) is 0 Å². The summed E-state index contributed by atoms with van der Waals surface area (Å²) in [6, 6.07) is 7.51. The maximum atomic E-state index is 12.8. The van der Waals surface area contributed by atoms with Crippen molar-refractivity contribution >= 4 is 11.8 Å². The van der Waals surface area contributed by atoms with E-state index in [1.165, 1.54) is 0 Å². The lowest BCUT2D eigenvalue weighted by Gasteiger charge is -2.42. The van der Waals surface area contributed by atoms with Crippen molar-refractivity contribution in [1.29, 1.82) is 0 Å². The highest BCUT2D eigenvalue weighted by molar-refractivity contribution is 5.99. The number of carbonyl (C=O) groups is 2. The zero-order valence-corrected chi connectivity index (χ0v) is 15.2. The molecule has 1 saturated carbocycles. The lowest BCUT2D eigenvalue weighted by Crippen LogP contribution is -2.53. The van der Waals surface area contributed by atoms with Crippen molar-refractivity contribution in [3.63, 3.8) is 0 Å². The third-order valence-corrected chi connectivity index (χ3v) is 5.79. The first-order valence-electron chi connectivity index (χ1n) is 9.31. The van der Waals surface area contributed by atoms with Crippen molar-refractivity contribution in [2.24, 2.45) is 0 Å². The molecule has 3 atom stereocenters. The highest BCUT2D eigenvalue weighted by Crippen LogP contribution is 2.42. The van der Waals surface area contributed by atoms with Gasteiger partial charge < -0.3 is 20.3 Å².